The second-order valence-electron chi connectivity index (χ2n) is 2.95. The summed E-state index contributed by atoms with van der Waals surface area (Å²) in [5.41, 5.74) is 0.245. The van der Waals surface area contributed by atoms with Gasteiger partial charge in [-0.3, -0.25) is 0 Å². The lowest BCUT2D eigenvalue weighted by Gasteiger charge is -2.06. The maximum atomic E-state index is 13.5. The molecule has 0 amide bonds. The fourth-order valence-corrected chi connectivity index (χ4v) is 1.48. The Morgan fingerprint density at radius 2 is 1.94 bits per heavy atom. The minimum Gasteiger partial charge on any atom is -0.322 e. The van der Waals surface area contributed by atoms with E-state index in [1.165, 1.54) is 6.07 Å². The van der Waals surface area contributed by atoms with Crippen molar-refractivity contribution in [3.05, 3.63) is 45.9 Å². The van der Waals surface area contributed by atoms with E-state index in [1.807, 2.05) is 0 Å². The van der Waals surface area contributed by atoms with Crippen molar-refractivity contribution < 1.29 is 4.39 Å². The smallest absolute Gasteiger partial charge is 0.227 e. The number of hydrogen-bond donors (Lipinski definition) is 1. The highest BCUT2D eigenvalue weighted by Crippen LogP contribution is 2.23. The van der Waals surface area contributed by atoms with Gasteiger partial charge in [0.1, 0.15) is 0 Å². The van der Waals surface area contributed by atoms with Crippen molar-refractivity contribution in [2.45, 2.75) is 0 Å². The molecule has 0 fully saturated rings. The third-order valence-corrected chi connectivity index (χ3v) is 2.52. The molecule has 3 nitrogen and oxygen atoms in total. The summed E-state index contributed by atoms with van der Waals surface area (Å²) < 4.78 is 14.3. The van der Waals surface area contributed by atoms with Crippen LogP contribution in [0.2, 0.25) is 5.02 Å². The molecular weight excluding hydrogens is 296 g/mol. The van der Waals surface area contributed by atoms with E-state index < -0.39 is 5.82 Å². The van der Waals surface area contributed by atoms with E-state index in [4.69, 9.17) is 11.6 Å². The lowest BCUT2D eigenvalue weighted by molar-refractivity contribution is 0.632. The predicted molar refractivity (Wildman–Crippen MR) is 64.4 cm³/mol. The molecule has 0 saturated heterocycles. The highest BCUT2D eigenvalue weighted by atomic mass is 79.9. The summed E-state index contributed by atoms with van der Waals surface area (Å²) in [7, 11) is 0. The lowest BCUT2D eigenvalue weighted by Crippen LogP contribution is -1.98. The van der Waals surface area contributed by atoms with Crippen LogP contribution < -0.4 is 5.32 Å². The highest BCUT2D eigenvalue weighted by molar-refractivity contribution is 9.10. The molecule has 0 aliphatic heterocycles. The van der Waals surface area contributed by atoms with Crippen molar-refractivity contribution >= 4 is 39.2 Å². The Morgan fingerprint density at radius 1 is 1.25 bits per heavy atom. The SMILES string of the molecule is Fc1c(Cl)cccc1Nc1ncc(Br)cn1. The second kappa shape index (κ2) is 4.76. The van der Waals surface area contributed by atoms with Crippen molar-refractivity contribution in [3.8, 4) is 0 Å². The van der Waals surface area contributed by atoms with Crippen LogP contribution in [0.5, 0.6) is 0 Å². The first kappa shape index (κ1) is 11.3. The third kappa shape index (κ3) is 2.48. The number of nitrogens with zero attached hydrogens (tertiary/aromatic N) is 2. The summed E-state index contributed by atoms with van der Waals surface area (Å²) in [6.07, 6.45) is 3.13. The summed E-state index contributed by atoms with van der Waals surface area (Å²) in [6.45, 7) is 0. The maximum absolute atomic E-state index is 13.5. The van der Waals surface area contributed by atoms with Crippen LogP contribution in [0.4, 0.5) is 16.0 Å². The molecule has 0 aliphatic carbocycles. The van der Waals surface area contributed by atoms with Gasteiger partial charge in [0, 0.05) is 12.4 Å². The number of rotatable bonds is 2. The molecule has 1 aromatic carbocycles. The van der Waals surface area contributed by atoms with E-state index in [9.17, 15) is 4.39 Å². The van der Waals surface area contributed by atoms with Gasteiger partial charge in [-0.05, 0) is 28.1 Å². The standard InChI is InChI=1S/C10H6BrClFN3/c11-6-4-14-10(15-5-6)16-8-3-1-2-7(12)9(8)13/h1-5H,(H,14,15,16). The molecule has 2 aromatic rings. The van der Waals surface area contributed by atoms with Gasteiger partial charge in [-0.25, -0.2) is 14.4 Å². The van der Waals surface area contributed by atoms with Gasteiger partial charge in [-0.1, -0.05) is 17.7 Å². The zero-order chi connectivity index (χ0) is 11.5. The van der Waals surface area contributed by atoms with Gasteiger partial charge in [0.2, 0.25) is 5.95 Å². The predicted octanol–water partition coefficient (Wildman–Crippen LogP) is 3.78. The summed E-state index contributed by atoms with van der Waals surface area (Å²) in [4.78, 5) is 7.93. The molecule has 0 saturated carbocycles. The van der Waals surface area contributed by atoms with E-state index in [-0.39, 0.29) is 10.7 Å². The summed E-state index contributed by atoms with van der Waals surface area (Å²) >= 11 is 8.85. The van der Waals surface area contributed by atoms with E-state index >= 15 is 0 Å². The minimum atomic E-state index is -0.518. The monoisotopic (exact) mass is 301 g/mol. The molecule has 1 aromatic heterocycles. The fourth-order valence-electron chi connectivity index (χ4n) is 1.10. The first-order valence-corrected chi connectivity index (χ1v) is 5.52. The Labute approximate surface area is 105 Å². The van der Waals surface area contributed by atoms with Crippen LogP contribution in [0.3, 0.4) is 0 Å². The van der Waals surface area contributed by atoms with Crippen molar-refractivity contribution in [2.24, 2.45) is 0 Å². The van der Waals surface area contributed by atoms with Gasteiger partial charge in [-0.15, -0.1) is 0 Å². The average Bonchev–Trinajstić information content (AvgIpc) is 2.28. The Kier molecular flexibility index (Phi) is 3.36. The molecule has 0 spiro atoms. The average molecular weight is 303 g/mol. The van der Waals surface area contributed by atoms with Crippen LogP contribution >= 0.6 is 27.5 Å². The zero-order valence-corrected chi connectivity index (χ0v) is 10.3. The van der Waals surface area contributed by atoms with E-state index in [0.29, 0.717) is 5.95 Å². The first-order valence-electron chi connectivity index (χ1n) is 4.35. The van der Waals surface area contributed by atoms with Gasteiger partial charge >= 0.3 is 0 Å². The van der Waals surface area contributed by atoms with Crippen LogP contribution in [0.25, 0.3) is 0 Å². The lowest BCUT2D eigenvalue weighted by atomic mass is 10.3. The molecule has 82 valence electrons. The Hall–Kier alpha value is -1.20. The van der Waals surface area contributed by atoms with Gasteiger partial charge in [0.15, 0.2) is 5.82 Å². The Morgan fingerprint density at radius 3 is 2.62 bits per heavy atom. The van der Waals surface area contributed by atoms with Crippen LogP contribution in [0.15, 0.2) is 35.1 Å². The van der Waals surface area contributed by atoms with Crippen molar-refractivity contribution in [1.82, 2.24) is 9.97 Å². The molecule has 0 radical (unpaired) electrons. The molecule has 2 rings (SSSR count). The number of nitrogens with one attached hydrogen (secondary N) is 1. The zero-order valence-electron chi connectivity index (χ0n) is 7.92. The maximum Gasteiger partial charge on any atom is 0.227 e. The number of aromatic nitrogens is 2. The normalized spacial score (nSPS) is 10.2. The van der Waals surface area contributed by atoms with Crippen LogP contribution in [0, 0.1) is 5.82 Å². The fraction of sp³-hybridized carbons (Fsp3) is 0. The van der Waals surface area contributed by atoms with Crippen LogP contribution in [-0.4, -0.2) is 9.97 Å². The van der Waals surface area contributed by atoms with Gasteiger partial charge in [0.05, 0.1) is 15.2 Å². The van der Waals surface area contributed by atoms with Crippen molar-refractivity contribution in [1.29, 1.82) is 0 Å². The van der Waals surface area contributed by atoms with Crippen LogP contribution in [-0.2, 0) is 0 Å². The molecule has 0 aliphatic rings. The molecule has 1 heterocycles. The molecule has 0 atom stereocenters. The summed E-state index contributed by atoms with van der Waals surface area (Å²) in [5.74, 6) is -0.208. The van der Waals surface area contributed by atoms with Crippen molar-refractivity contribution in [2.75, 3.05) is 5.32 Å². The summed E-state index contributed by atoms with van der Waals surface area (Å²) in [5, 5.41) is 2.80. The molecule has 6 heteroatoms. The van der Waals surface area contributed by atoms with Gasteiger partial charge in [-0.2, -0.15) is 0 Å². The topological polar surface area (TPSA) is 37.8 Å². The molecular formula is C10H6BrClFN3. The number of anilines is 2. The van der Waals surface area contributed by atoms with E-state index in [2.05, 4.69) is 31.2 Å². The van der Waals surface area contributed by atoms with Crippen LogP contribution in [0.1, 0.15) is 0 Å². The van der Waals surface area contributed by atoms with Gasteiger partial charge in [0.25, 0.3) is 0 Å². The second-order valence-corrected chi connectivity index (χ2v) is 4.27. The number of halogens is 3. The molecule has 0 unspecified atom stereocenters. The van der Waals surface area contributed by atoms with Crippen molar-refractivity contribution in [3.63, 3.8) is 0 Å². The number of benzene rings is 1. The van der Waals surface area contributed by atoms with E-state index in [0.717, 1.165) is 4.47 Å². The minimum absolute atomic E-state index is 0.0575. The molecule has 0 bridgehead atoms. The largest absolute Gasteiger partial charge is 0.322 e. The van der Waals surface area contributed by atoms with Gasteiger partial charge < -0.3 is 5.32 Å². The number of hydrogen-bond acceptors (Lipinski definition) is 3. The highest BCUT2D eigenvalue weighted by Gasteiger charge is 2.06. The first-order chi connectivity index (χ1) is 7.66. The Bertz CT molecular complexity index is 504. The Balaban J connectivity index is 2.27. The van der Waals surface area contributed by atoms with E-state index in [1.54, 1.807) is 24.5 Å². The third-order valence-electron chi connectivity index (χ3n) is 1.82. The molecule has 16 heavy (non-hydrogen) atoms. The summed E-state index contributed by atoms with van der Waals surface area (Å²) in [6, 6.07) is 4.68. The molecule has 1 N–H and O–H groups in total. The quantitative estimate of drug-likeness (QED) is 0.917.